The highest BCUT2D eigenvalue weighted by atomic mass is 32.6. The highest BCUT2D eigenvalue weighted by Crippen LogP contribution is 2.38. The number of aliphatic hydroxyl groups is 2. The van der Waals surface area contributed by atoms with Crippen molar-refractivity contribution in [1.29, 1.82) is 1.28 Å². The van der Waals surface area contributed by atoms with Crippen LogP contribution >= 0.6 is 15.9 Å². The molecule has 2 aromatic carbocycles. The first-order valence-electron chi connectivity index (χ1n) is 24.9. The molecule has 4 rings (SSSR count). The summed E-state index contributed by atoms with van der Waals surface area (Å²) in [5, 5.41) is 20.4. The number of ketones is 2. The predicted octanol–water partition coefficient (Wildman–Crippen LogP) is 12.7. The Balaban J connectivity index is 0.000000472. The van der Waals surface area contributed by atoms with E-state index in [2.05, 4.69) is 33.7 Å². The van der Waals surface area contributed by atoms with Crippen molar-refractivity contribution in [1.82, 2.24) is 0 Å². The van der Waals surface area contributed by atoms with Gasteiger partial charge in [-0.3, -0.25) is 19.2 Å². The van der Waals surface area contributed by atoms with Crippen molar-refractivity contribution in [3.63, 3.8) is 0 Å². The maximum atomic E-state index is 12.9. The first kappa shape index (κ1) is 63.0. The molecule has 2 N–H and O–H groups in total. The van der Waals surface area contributed by atoms with Crippen LogP contribution in [-0.2, 0) is 52.8 Å². The summed E-state index contributed by atoms with van der Waals surface area (Å²) in [6, 6.07) is 9.23. The number of carbonyl (C=O) groups excluding carboxylic acids is 4. The number of carbonyl (C=O) groups is 4. The normalized spacial score (nSPS) is 21.5. The van der Waals surface area contributed by atoms with E-state index in [-0.39, 0.29) is 90.5 Å². The number of hydrogen-bond acceptors (Lipinski definition) is 11. The third-order valence-electron chi connectivity index (χ3n) is 11.6. The molecule has 2 aromatic rings. The zero-order chi connectivity index (χ0) is 55.6. The fourth-order valence-electron chi connectivity index (χ4n) is 8.07. The molecule has 2 saturated carbocycles. The number of ether oxygens (including phenoxy) is 4. The molecule has 0 heterocycles. The SMILES string of the molecule is CC(C)OC(=O)CCC/C=C\C[C@H]1C(=O)C[C@@H](C)[C@@H]1/C=C/[C@@H](C)COc1cccc(C(F)(F)F)c1.CC(C)OC(=O)CCC/C=C\C[C@H]1C(=O)C[C@@H](O)[C@@H]1/C=C/[C@@H](O)COc1cccc(C(F)(F)F)c1.[3H][P+](P)=S. The van der Waals surface area contributed by atoms with Gasteiger partial charge in [-0.25, -0.2) is 0 Å². The van der Waals surface area contributed by atoms with Gasteiger partial charge in [-0.05, 0) is 114 Å². The molecule has 2 fully saturated rings. The molecule has 73 heavy (non-hydrogen) atoms. The van der Waals surface area contributed by atoms with E-state index in [1.807, 2.05) is 51.2 Å². The molecule has 0 bridgehead atoms. The number of alkyl halides is 6. The van der Waals surface area contributed by atoms with E-state index in [4.69, 9.17) is 20.2 Å². The number of allylic oxidation sites excluding steroid dienone is 5. The van der Waals surface area contributed by atoms with Crippen molar-refractivity contribution in [2.75, 3.05) is 13.2 Å². The maximum absolute atomic E-state index is 12.9. The molecular formula is C54H73F6O10P2S+. The Morgan fingerprint density at radius 3 is 1.66 bits per heavy atom. The number of Topliss-reactive ketones (excluding diaryl/α,β-unsaturated/α-hetero) is 2. The molecule has 2 aliphatic carbocycles. The van der Waals surface area contributed by atoms with Gasteiger partial charge < -0.3 is 29.2 Å². The standard InChI is InChI=1S/C28H37F3O4.C26H33F3O6.H2P2S/c1-19(2)35-27(33)13-8-6-5-7-12-25-24(21(4)16-26(25)32)15-14-20(3)18-34-23-11-9-10-22(17-23)28(29,30)31;1-17(2)35-25(33)11-6-4-3-5-10-21-22(24(32)15-23(21)31)13-12-19(30)16-34-20-9-7-8-18(14-20)26(27,28)29;1-2-3/h5,7,9-11,14-15,17,19-21,24-25H,6,8,12-13,16,18H2,1-4H3;3,5,7-9,12-14,17,19,21-22,24,30,32H,4,6,10-11,15-16H2,1-2H3;1H2/p+1/b7-5-,15-14+;5-3-,13-12+;/t20-,21-,24+,25-;19-,21-,22-,24-;/m11./s1/i/hT. The molecule has 0 aliphatic heterocycles. The van der Waals surface area contributed by atoms with Crippen molar-refractivity contribution >= 4 is 51.2 Å². The van der Waals surface area contributed by atoms with Crippen LogP contribution in [0.15, 0.2) is 97.1 Å². The molecular weight excluding hydrogens is 1020 g/mol. The van der Waals surface area contributed by atoms with Crippen LogP contribution in [0.25, 0.3) is 0 Å². The van der Waals surface area contributed by atoms with Gasteiger partial charge in [0.1, 0.15) is 35.8 Å². The Kier molecular flexibility index (Phi) is 29.0. The lowest BCUT2D eigenvalue weighted by atomic mass is 9.86. The number of halogens is 6. The monoisotopic (exact) mass is 1090 g/mol. The summed E-state index contributed by atoms with van der Waals surface area (Å²) in [6.07, 6.45) is 8.72. The molecule has 2 unspecified atom stereocenters. The van der Waals surface area contributed by atoms with Gasteiger partial charge >= 0.3 is 25.6 Å². The maximum Gasteiger partial charge on any atom is 0.416 e. The predicted molar refractivity (Wildman–Crippen MR) is 279 cm³/mol. The van der Waals surface area contributed by atoms with Crippen molar-refractivity contribution in [3.8, 4) is 11.5 Å². The Bertz CT molecular complexity index is 2050. The smallest absolute Gasteiger partial charge is 0.416 e. The lowest BCUT2D eigenvalue weighted by Gasteiger charge is -2.18. The van der Waals surface area contributed by atoms with Crippen LogP contribution in [0.4, 0.5) is 26.3 Å². The summed E-state index contributed by atoms with van der Waals surface area (Å²) in [5.41, 5.74) is -1.58. The van der Waals surface area contributed by atoms with Crippen LogP contribution in [0, 0.1) is 35.5 Å². The highest BCUT2D eigenvalue weighted by molar-refractivity contribution is 8.24. The van der Waals surface area contributed by atoms with Crippen molar-refractivity contribution in [2.45, 2.75) is 143 Å². The van der Waals surface area contributed by atoms with Crippen LogP contribution < -0.4 is 9.47 Å². The van der Waals surface area contributed by atoms with E-state index in [0.717, 1.165) is 30.7 Å². The minimum atomic E-state index is -4.49. The molecule has 0 aromatic heterocycles. The van der Waals surface area contributed by atoms with E-state index in [1.165, 1.54) is 30.3 Å². The average Bonchev–Trinajstić information content (AvgIpc) is 3.73. The summed E-state index contributed by atoms with van der Waals surface area (Å²) < 4.78 is 104. The lowest BCUT2D eigenvalue weighted by molar-refractivity contribution is -0.148. The van der Waals surface area contributed by atoms with E-state index in [9.17, 15) is 55.7 Å². The fourth-order valence-corrected chi connectivity index (χ4v) is 8.07. The van der Waals surface area contributed by atoms with E-state index in [1.54, 1.807) is 19.9 Å². The molecule has 0 radical (unpaired) electrons. The Morgan fingerprint density at radius 1 is 0.753 bits per heavy atom. The second-order valence-corrected chi connectivity index (χ2v) is 21.4. The van der Waals surface area contributed by atoms with Gasteiger partial charge in [0, 0.05) is 49.4 Å². The van der Waals surface area contributed by atoms with Gasteiger partial charge in [0.15, 0.2) is 18.8 Å². The number of aliphatic hydroxyl groups excluding tert-OH is 2. The molecule has 10 atom stereocenters. The van der Waals surface area contributed by atoms with Gasteiger partial charge in [0.25, 0.3) is 0 Å². The number of esters is 2. The number of rotatable bonds is 24. The molecule has 406 valence electrons. The van der Waals surface area contributed by atoms with E-state index in [0.29, 0.717) is 51.4 Å². The lowest BCUT2D eigenvalue weighted by Crippen LogP contribution is -2.20. The van der Waals surface area contributed by atoms with Crippen LogP contribution in [0.3, 0.4) is 0 Å². The molecule has 2 aliphatic rings. The summed E-state index contributed by atoms with van der Waals surface area (Å²) in [4.78, 5) is 47.9. The van der Waals surface area contributed by atoms with Gasteiger partial charge in [0.2, 0.25) is 0 Å². The summed E-state index contributed by atoms with van der Waals surface area (Å²) in [7, 11) is 2.20. The molecule has 0 spiro atoms. The zero-order valence-corrected chi connectivity index (χ0v) is 45.2. The third kappa shape index (κ3) is 26.2. The van der Waals surface area contributed by atoms with Crippen LogP contribution in [-0.4, -0.2) is 72.6 Å². The van der Waals surface area contributed by atoms with Crippen LogP contribution in [0.5, 0.6) is 11.5 Å². The summed E-state index contributed by atoms with van der Waals surface area (Å²) >= 11 is 4.31. The minimum Gasteiger partial charge on any atom is -0.493 e. The largest absolute Gasteiger partial charge is 0.493 e. The Hall–Kier alpha value is -4.27. The first-order valence-corrected chi connectivity index (χ1v) is 28.0. The Labute approximate surface area is 436 Å². The number of unbranched alkanes of at least 4 members (excludes halogenated alkanes) is 2. The van der Waals surface area contributed by atoms with Crippen molar-refractivity contribution < 1.29 is 74.7 Å². The highest BCUT2D eigenvalue weighted by Gasteiger charge is 2.40. The third-order valence-corrected chi connectivity index (χ3v) is 11.6. The molecule has 0 saturated heterocycles. The van der Waals surface area contributed by atoms with E-state index >= 15 is 0 Å². The van der Waals surface area contributed by atoms with E-state index < -0.39 is 54.5 Å². The van der Waals surface area contributed by atoms with Gasteiger partial charge in [0.05, 0.1) is 45.0 Å². The van der Waals surface area contributed by atoms with Crippen molar-refractivity contribution in [3.05, 3.63) is 108 Å². The van der Waals surface area contributed by atoms with Gasteiger partial charge in [-0.1, -0.05) is 74.6 Å². The molecule has 10 nitrogen and oxygen atoms in total. The molecule has 19 heteroatoms. The first-order chi connectivity index (χ1) is 34.7. The van der Waals surface area contributed by atoms with Gasteiger partial charge in [-0.15, -0.1) is 0 Å². The minimum absolute atomic E-state index is 0.0192. The summed E-state index contributed by atoms with van der Waals surface area (Å²) in [6.45, 7) is 10.3. The van der Waals surface area contributed by atoms with Crippen molar-refractivity contribution in [2.24, 2.45) is 35.5 Å². The van der Waals surface area contributed by atoms with Crippen LogP contribution in [0.2, 0.25) is 0 Å². The summed E-state index contributed by atoms with van der Waals surface area (Å²) in [5.74, 6) is -0.784. The number of benzene rings is 2. The second kappa shape index (κ2) is 33.6. The van der Waals surface area contributed by atoms with Gasteiger partial charge in [-0.2, -0.15) is 26.3 Å². The quantitative estimate of drug-likeness (QED) is 0.0341. The molecule has 0 amide bonds. The zero-order valence-electron chi connectivity index (χ0n) is 43.4. The van der Waals surface area contributed by atoms with Crippen LogP contribution in [0.1, 0.15) is 117 Å². The fraction of sp³-hybridized carbons (Fsp3) is 0.556. The topological polar surface area (TPSA) is 146 Å². The number of hydrogen-bond donors (Lipinski definition) is 2. The second-order valence-electron chi connectivity index (χ2n) is 18.6. The average molecular weight is 1090 g/mol. The Morgan fingerprint density at radius 2 is 1.19 bits per heavy atom.